The summed E-state index contributed by atoms with van der Waals surface area (Å²) in [7, 11) is 0. The Morgan fingerprint density at radius 2 is 2.30 bits per heavy atom. The lowest BCUT2D eigenvalue weighted by atomic mass is 10.2. The van der Waals surface area contributed by atoms with Crippen molar-refractivity contribution in [2.24, 2.45) is 0 Å². The van der Waals surface area contributed by atoms with Crippen molar-refractivity contribution in [3.8, 4) is 0 Å². The number of carbonyl (C=O) groups excluding carboxylic acids is 1. The molecule has 5 nitrogen and oxygen atoms in total. The molecule has 2 aromatic heterocycles. The first-order chi connectivity index (χ1) is 9.58. The molecule has 0 spiro atoms. The van der Waals surface area contributed by atoms with Crippen LogP contribution in [0.1, 0.15) is 30.1 Å². The second kappa shape index (κ2) is 6.42. The molecule has 0 saturated heterocycles. The maximum Gasteiger partial charge on any atom is 0.320 e. The summed E-state index contributed by atoms with van der Waals surface area (Å²) < 4.78 is 12.7. The summed E-state index contributed by atoms with van der Waals surface area (Å²) in [5.74, 6) is -0.144. The van der Waals surface area contributed by atoms with E-state index in [4.69, 9.17) is 0 Å². The van der Waals surface area contributed by atoms with Gasteiger partial charge in [-0.1, -0.05) is 6.92 Å². The zero-order valence-corrected chi connectivity index (χ0v) is 12.0. The molecule has 20 heavy (non-hydrogen) atoms. The largest absolute Gasteiger partial charge is 0.329 e. The molecule has 0 aliphatic rings. The van der Waals surface area contributed by atoms with Crippen LogP contribution in [0.4, 0.5) is 15.0 Å². The lowest BCUT2D eigenvalue weighted by Crippen LogP contribution is -2.32. The van der Waals surface area contributed by atoms with Crippen LogP contribution in [0, 0.1) is 12.7 Å². The summed E-state index contributed by atoms with van der Waals surface area (Å²) in [6, 6.07) is 2.12. The average molecular weight is 294 g/mol. The first-order valence-corrected chi connectivity index (χ1v) is 7.07. The van der Waals surface area contributed by atoms with Crippen LogP contribution in [0.15, 0.2) is 23.7 Å². The molecular formula is C13H15FN4OS. The second-order valence-corrected chi connectivity index (χ2v) is 5.14. The van der Waals surface area contributed by atoms with Crippen molar-refractivity contribution in [3.63, 3.8) is 0 Å². The number of hydrogen-bond donors (Lipinski definition) is 2. The molecule has 2 aromatic rings. The van der Waals surface area contributed by atoms with Gasteiger partial charge in [-0.25, -0.2) is 19.2 Å². The molecule has 0 radical (unpaired) electrons. The van der Waals surface area contributed by atoms with E-state index in [0.29, 0.717) is 5.82 Å². The van der Waals surface area contributed by atoms with Gasteiger partial charge in [0.15, 0.2) is 0 Å². The van der Waals surface area contributed by atoms with E-state index in [-0.39, 0.29) is 12.1 Å². The molecule has 2 amide bonds. The van der Waals surface area contributed by atoms with E-state index in [0.717, 1.165) is 23.3 Å². The third kappa shape index (κ3) is 3.74. The van der Waals surface area contributed by atoms with Gasteiger partial charge in [0.25, 0.3) is 0 Å². The highest BCUT2D eigenvalue weighted by Gasteiger charge is 2.16. The molecule has 2 heterocycles. The van der Waals surface area contributed by atoms with Crippen molar-refractivity contribution in [2.45, 2.75) is 26.3 Å². The van der Waals surface area contributed by atoms with Crippen LogP contribution in [-0.4, -0.2) is 16.0 Å². The topological polar surface area (TPSA) is 66.9 Å². The maximum atomic E-state index is 12.7. The molecule has 0 unspecified atom stereocenters. The Balaban J connectivity index is 1.97. The van der Waals surface area contributed by atoms with Crippen LogP contribution in [-0.2, 0) is 0 Å². The first-order valence-electron chi connectivity index (χ1n) is 6.19. The van der Waals surface area contributed by atoms with Crippen LogP contribution in [0.5, 0.6) is 0 Å². The molecule has 0 aromatic carbocycles. The smallest absolute Gasteiger partial charge is 0.320 e. The fourth-order valence-corrected chi connectivity index (χ4v) is 2.56. The van der Waals surface area contributed by atoms with Gasteiger partial charge in [0.05, 0.1) is 12.2 Å². The van der Waals surface area contributed by atoms with E-state index in [1.807, 2.05) is 19.2 Å². The number of amides is 2. The third-order valence-corrected chi connectivity index (χ3v) is 3.69. The van der Waals surface area contributed by atoms with Crippen LogP contribution in [0.3, 0.4) is 0 Å². The Bertz CT molecular complexity index is 584. The maximum absolute atomic E-state index is 12.7. The van der Waals surface area contributed by atoms with E-state index in [2.05, 4.69) is 20.6 Å². The fourth-order valence-electron chi connectivity index (χ4n) is 1.63. The summed E-state index contributed by atoms with van der Waals surface area (Å²) in [4.78, 5) is 20.0. The molecule has 1 atom stereocenters. The standard InChI is InChI=1S/C13H15FN4OS/c1-3-10(12-16-8(2)7-20-12)17-13(19)18-11-5-4-9(14)6-15-11/h4-7,10H,3H2,1-2H3,(H2,15,17,18,19)/t10-/m0/s1. The van der Waals surface area contributed by atoms with Crippen molar-refractivity contribution >= 4 is 23.2 Å². The van der Waals surface area contributed by atoms with E-state index in [1.54, 1.807) is 0 Å². The fraction of sp³-hybridized carbons (Fsp3) is 0.308. The van der Waals surface area contributed by atoms with Gasteiger partial charge in [-0.2, -0.15) is 0 Å². The quantitative estimate of drug-likeness (QED) is 0.909. The van der Waals surface area contributed by atoms with Crippen molar-refractivity contribution in [1.82, 2.24) is 15.3 Å². The Hall–Kier alpha value is -2.02. The van der Waals surface area contributed by atoms with Crippen molar-refractivity contribution < 1.29 is 9.18 Å². The predicted molar refractivity (Wildman–Crippen MR) is 76.2 cm³/mol. The van der Waals surface area contributed by atoms with Crippen molar-refractivity contribution in [2.75, 3.05) is 5.32 Å². The number of halogens is 1. The number of nitrogens with zero attached hydrogens (tertiary/aromatic N) is 2. The number of rotatable bonds is 4. The van der Waals surface area contributed by atoms with Gasteiger partial charge < -0.3 is 5.32 Å². The normalized spacial score (nSPS) is 11.9. The monoisotopic (exact) mass is 294 g/mol. The minimum Gasteiger partial charge on any atom is -0.329 e. The van der Waals surface area contributed by atoms with Gasteiger partial charge in [-0.05, 0) is 25.5 Å². The number of carbonyl (C=O) groups is 1. The molecule has 0 fully saturated rings. The lowest BCUT2D eigenvalue weighted by molar-refractivity contribution is 0.248. The van der Waals surface area contributed by atoms with Crippen LogP contribution < -0.4 is 10.6 Å². The zero-order valence-electron chi connectivity index (χ0n) is 11.2. The summed E-state index contributed by atoms with van der Waals surface area (Å²) in [6.45, 7) is 3.88. The molecule has 106 valence electrons. The van der Waals surface area contributed by atoms with Gasteiger partial charge in [-0.3, -0.25) is 5.32 Å². The summed E-state index contributed by atoms with van der Waals surface area (Å²) in [5, 5.41) is 8.19. The number of anilines is 1. The van der Waals surface area contributed by atoms with E-state index in [9.17, 15) is 9.18 Å². The molecule has 2 N–H and O–H groups in total. The lowest BCUT2D eigenvalue weighted by Gasteiger charge is -2.14. The third-order valence-electron chi connectivity index (χ3n) is 2.62. The van der Waals surface area contributed by atoms with Crippen LogP contribution in [0.2, 0.25) is 0 Å². The molecule has 0 aliphatic carbocycles. The van der Waals surface area contributed by atoms with Gasteiger partial charge in [0.1, 0.15) is 16.6 Å². The first kappa shape index (κ1) is 14.4. The number of thiazole rings is 1. The van der Waals surface area contributed by atoms with Crippen LogP contribution in [0.25, 0.3) is 0 Å². The zero-order chi connectivity index (χ0) is 14.5. The summed E-state index contributed by atoms with van der Waals surface area (Å²) in [5.41, 5.74) is 0.936. The predicted octanol–water partition coefficient (Wildman–Crippen LogP) is 3.26. The minimum atomic E-state index is -0.444. The van der Waals surface area contributed by atoms with Crippen LogP contribution >= 0.6 is 11.3 Å². The van der Waals surface area contributed by atoms with Gasteiger partial charge in [0, 0.05) is 11.1 Å². The Morgan fingerprint density at radius 1 is 1.50 bits per heavy atom. The van der Waals surface area contributed by atoms with Gasteiger partial charge in [-0.15, -0.1) is 11.3 Å². The number of aromatic nitrogens is 2. The van der Waals surface area contributed by atoms with E-state index < -0.39 is 5.82 Å². The van der Waals surface area contributed by atoms with Crippen molar-refractivity contribution in [3.05, 3.63) is 40.2 Å². The highest BCUT2D eigenvalue weighted by Crippen LogP contribution is 2.20. The molecule has 0 bridgehead atoms. The number of nitrogens with one attached hydrogen (secondary N) is 2. The number of urea groups is 1. The minimum absolute atomic E-state index is 0.144. The van der Waals surface area contributed by atoms with Crippen molar-refractivity contribution in [1.29, 1.82) is 0 Å². The molecule has 7 heteroatoms. The summed E-state index contributed by atoms with van der Waals surface area (Å²) in [6.07, 6.45) is 1.79. The SMILES string of the molecule is CC[C@H](NC(=O)Nc1ccc(F)cn1)c1nc(C)cs1. The number of aryl methyl sites for hydroxylation is 1. The highest BCUT2D eigenvalue weighted by atomic mass is 32.1. The van der Waals surface area contributed by atoms with E-state index in [1.165, 1.54) is 23.5 Å². The number of pyridine rings is 1. The Labute approximate surface area is 120 Å². The van der Waals surface area contributed by atoms with Gasteiger partial charge >= 0.3 is 6.03 Å². The molecule has 0 aliphatic heterocycles. The Kier molecular flexibility index (Phi) is 4.62. The number of hydrogen-bond acceptors (Lipinski definition) is 4. The van der Waals surface area contributed by atoms with E-state index >= 15 is 0 Å². The molecule has 0 saturated carbocycles. The molecule has 2 rings (SSSR count). The molecular weight excluding hydrogens is 279 g/mol. The average Bonchev–Trinajstić information content (AvgIpc) is 2.85. The Morgan fingerprint density at radius 3 is 2.85 bits per heavy atom. The van der Waals surface area contributed by atoms with Gasteiger partial charge in [0.2, 0.25) is 0 Å². The summed E-state index contributed by atoms with van der Waals surface area (Å²) >= 11 is 1.51. The second-order valence-electron chi connectivity index (χ2n) is 4.25. The highest BCUT2D eigenvalue weighted by molar-refractivity contribution is 7.09.